The molecule has 3 nitrogen and oxygen atoms in total. The minimum atomic E-state index is 0.135. The van der Waals surface area contributed by atoms with Crippen LogP contribution in [0.3, 0.4) is 0 Å². The molecule has 0 bridgehead atoms. The van der Waals surface area contributed by atoms with Crippen molar-refractivity contribution in [3.05, 3.63) is 19.9 Å². The van der Waals surface area contributed by atoms with Gasteiger partial charge in [-0.2, -0.15) is 0 Å². The molecule has 0 saturated carbocycles. The summed E-state index contributed by atoms with van der Waals surface area (Å²) in [7, 11) is 1.89. The second-order valence-corrected chi connectivity index (χ2v) is 7.19. The number of carbonyl (C=O) groups is 1. The van der Waals surface area contributed by atoms with Gasteiger partial charge in [0.15, 0.2) is 0 Å². The van der Waals surface area contributed by atoms with Gasteiger partial charge in [0.1, 0.15) is 0 Å². The zero-order chi connectivity index (χ0) is 12.3. The summed E-state index contributed by atoms with van der Waals surface area (Å²) in [4.78, 5) is 14.0. The lowest BCUT2D eigenvalue weighted by atomic mass is 10.00. The van der Waals surface area contributed by atoms with E-state index in [9.17, 15) is 4.79 Å². The summed E-state index contributed by atoms with van der Waals surface area (Å²) >= 11 is 3.86. The fraction of sp³-hybridized carbons (Fsp3) is 0.583. The van der Waals surface area contributed by atoms with Crippen molar-refractivity contribution in [1.82, 2.24) is 4.90 Å². The Labute approximate surface area is 119 Å². The predicted molar refractivity (Wildman–Crippen MR) is 77.5 cm³/mol. The van der Waals surface area contributed by atoms with Crippen molar-refractivity contribution in [2.24, 2.45) is 5.92 Å². The molecule has 1 fully saturated rings. The van der Waals surface area contributed by atoms with Crippen molar-refractivity contribution < 1.29 is 9.53 Å². The number of carbonyl (C=O) groups excluding carboxylic acids is 1. The molecular weight excluding hydrogens is 349 g/mol. The van der Waals surface area contributed by atoms with E-state index in [4.69, 9.17) is 4.74 Å². The van der Waals surface area contributed by atoms with Gasteiger partial charge in [0.05, 0.1) is 8.45 Å². The summed E-state index contributed by atoms with van der Waals surface area (Å²) in [5, 5.41) is 1.94. The third-order valence-electron chi connectivity index (χ3n) is 3.03. The maximum atomic E-state index is 12.1. The van der Waals surface area contributed by atoms with Crippen molar-refractivity contribution in [2.45, 2.75) is 12.8 Å². The van der Waals surface area contributed by atoms with Gasteiger partial charge in [-0.1, -0.05) is 0 Å². The van der Waals surface area contributed by atoms with Gasteiger partial charge in [0, 0.05) is 32.2 Å². The van der Waals surface area contributed by atoms with Crippen LogP contribution in [0.4, 0.5) is 0 Å². The minimum absolute atomic E-state index is 0.135. The Balaban J connectivity index is 1.90. The third-order valence-corrected chi connectivity index (χ3v) is 4.82. The van der Waals surface area contributed by atoms with Crippen LogP contribution in [0.15, 0.2) is 11.4 Å². The number of ether oxygens (including phenoxy) is 1. The summed E-state index contributed by atoms with van der Waals surface area (Å²) in [6.45, 7) is 2.51. The molecule has 2 heterocycles. The zero-order valence-electron chi connectivity index (χ0n) is 9.82. The molecule has 0 spiro atoms. The molecule has 0 aromatic carbocycles. The number of hydrogen-bond donors (Lipinski definition) is 0. The molecule has 0 aliphatic carbocycles. The number of nitrogens with zero attached hydrogens (tertiary/aromatic N) is 1. The lowest BCUT2D eigenvalue weighted by molar-refractivity contribution is 0.0497. The highest BCUT2D eigenvalue weighted by Gasteiger charge is 2.19. The molecule has 0 radical (unpaired) electrons. The Morgan fingerprint density at radius 3 is 2.88 bits per heavy atom. The van der Waals surface area contributed by atoms with E-state index in [0.717, 1.165) is 41.0 Å². The van der Waals surface area contributed by atoms with Gasteiger partial charge in [-0.25, -0.2) is 0 Å². The summed E-state index contributed by atoms with van der Waals surface area (Å²) < 4.78 is 6.48. The highest BCUT2D eigenvalue weighted by atomic mass is 127. The maximum Gasteiger partial charge on any atom is 0.254 e. The van der Waals surface area contributed by atoms with Gasteiger partial charge in [-0.15, -0.1) is 11.3 Å². The van der Waals surface area contributed by atoms with Crippen LogP contribution in [0.1, 0.15) is 23.2 Å². The SMILES string of the molecule is CN(CC1CCOCC1)C(=O)c1csc(I)c1. The van der Waals surface area contributed by atoms with Gasteiger partial charge in [0.2, 0.25) is 0 Å². The quantitative estimate of drug-likeness (QED) is 0.771. The molecule has 17 heavy (non-hydrogen) atoms. The van der Waals surface area contributed by atoms with Crippen molar-refractivity contribution in [3.8, 4) is 0 Å². The first-order valence-corrected chi connectivity index (χ1v) is 7.70. The molecule has 1 aliphatic heterocycles. The second kappa shape index (κ2) is 6.15. The van der Waals surface area contributed by atoms with Gasteiger partial charge < -0.3 is 9.64 Å². The molecular formula is C12H16INO2S. The number of amides is 1. The van der Waals surface area contributed by atoms with Crippen LogP contribution < -0.4 is 0 Å². The van der Waals surface area contributed by atoms with Crippen molar-refractivity contribution >= 4 is 39.8 Å². The number of rotatable bonds is 3. The Kier molecular flexibility index (Phi) is 4.81. The van der Waals surface area contributed by atoms with Crippen molar-refractivity contribution in [2.75, 3.05) is 26.8 Å². The van der Waals surface area contributed by atoms with Crippen LogP contribution in [0.25, 0.3) is 0 Å². The van der Waals surface area contributed by atoms with Gasteiger partial charge in [-0.05, 0) is 47.4 Å². The van der Waals surface area contributed by atoms with Crippen LogP contribution in [0, 0.1) is 8.80 Å². The Bertz CT molecular complexity index is 388. The zero-order valence-corrected chi connectivity index (χ0v) is 12.8. The first-order valence-electron chi connectivity index (χ1n) is 5.74. The molecule has 1 amide bonds. The van der Waals surface area contributed by atoms with E-state index >= 15 is 0 Å². The highest BCUT2D eigenvalue weighted by Crippen LogP contribution is 2.20. The Morgan fingerprint density at radius 1 is 1.59 bits per heavy atom. The monoisotopic (exact) mass is 365 g/mol. The van der Waals surface area contributed by atoms with Crippen LogP contribution in [-0.4, -0.2) is 37.6 Å². The minimum Gasteiger partial charge on any atom is -0.381 e. The van der Waals surface area contributed by atoms with Crippen LogP contribution in [0.2, 0.25) is 0 Å². The standard InChI is InChI=1S/C12H16INO2S/c1-14(7-9-2-4-16-5-3-9)12(15)10-6-11(13)17-8-10/h6,8-9H,2-5,7H2,1H3. The fourth-order valence-corrected chi connectivity index (χ4v) is 3.36. The lowest BCUT2D eigenvalue weighted by Crippen LogP contribution is -2.33. The smallest absolute Gasteiger partial charge is 0.254 e. The molecule has 5 heteroatoms. The summed E-state index contributed by atoms with van der Waals surface area (Å²) in [6.07, 6.45) is 2.14. The van der Waals surface area contributed by atoms with Gasteiger partial charge in [-0.3, -0.25) is 4.79 Å². The highest BCUT2D eigenvalue weighted by molar-refractivity contribution is 14.1. The number of hydrogen-bond acceptors (Lipinski definition) is 3. The topological polar surface area (TPSA) is 29.5 Å². The average molecular weight is 365 g/mol. The number of halogens is 1. The molecule has 0 unspecified atom stereocenters. The van der Waals surface area contributed by atoms with Gasteiger partial charge >= 0.3 is 0 Å². The summed E-state index contributed by atoms with van der Waals surface area (Å²) in [5.41, 5.74) is 0.814. The molecule has 0 atom stereocenters. The van der Waals surface area contributed by atoms with E-state index in [1.165, 1.54) is 0 Å². The predicted octanol–water partition coefficient (Wildman–Crippen LogP) is 2.85. The lowest BCUT2D eigenvalue weighted by Gasteiger charge is -2.27. The fourth-order valence-electron chi connectivity index (χ4n) is 2.04. The molecule has 94 valence electrons. The van der Waals surface area contributed by atoms with E-state index in [2.05, 4.69) is 22.6 Å². The number of thiophene rings is 1. The molecule has 1 aliphatic rings. The average Bonchev–Trinajstić information content (AvgIpc) is 2.76. The molecule has 0 N–H and O–H groups in total. The van der Waals surface area contributed by atoms with E-state index in [1.807, 2.05) is 23.4 Å². The van der Waals surface area contributed by atoms with E-state index in [-0.39, 0.29) is 5.91 Å². The van der Waals surface area contributed by atoms with E-state index in [1.54, 1.807) is 11.3 Å². The Morgan fingerprint density at radius 2 is 2.29 bits per heavy atom. The molecule has 1 saturated heterocycles. The second-order valence-electron chi connectivity index (χ2n) is 4.38. The van der Waals surface area contributed by atoms with Crippen LogP contribution in [-0.2, 0) is 4.74 Å². The Hall–Kier alpha value is -0.140. The summed E-state index contributed by atoms with van der Waals surface area (Å²) in [5.74, 6) is 0.728. The molecule has 2 rings (SSSR count). The molecule has 1 aromatic heterocycles. The first-order chi connectivity index (χ1) is 8.16. The van der Waals surface area contributed by atoms with Crippen LogP contribution >= 0.6 is 33.9 Å². The molecule has 1 aromatic rings. The van der Waals surface area contributed by atoms with Crippen molar-refractivity contribution in [3.63, 3.8) is 0 Å². The third kappa shape index (κ3) is 3.66. The van der Waals surface area contributed by atoms with Crippen molar-refractivity contribution in [1.29, 1.82) is 0 Å². The van der Waals surface area contributed by atoms with E-state index in [0.29, 0.717) is 5.92 Å². The normalized spacial score (nSPS) is 17.1. The summed E-state index contributed by atoms with van der Waals surface area (Å²) in [6, 6.07) is 1.95. The van der Waals surface area contributed by atoms with Gasteiger partial charge in [0.25, 0.3) is 5.91 Å². The maximum absolute atomic E-state index is 12.1. The first kappa shape index (κ1) is 13.3. The van der Waals surface area contributed by atoms with Crippen LogP contribution in [0.5, 0.6) is 0 Å². The van der Waals surface area contributed by atoms with E-state index < -0.39 is 0 Å². The largest absolute Gasteiger partial charge is 0.381 e.